The Kier molecular flexibility index (Phi) is 3.21. The highest BCUT2D eigenvalue weighted by Gasteiger charge is 2.33. The Morgan fingerprint density at radius 1 is 1.39 bits per heavy atom. The lowest BCUT2D eigenvalue weighted by molar-refractivity contribution is 0.545. The number of rotatable bonds is 3. The number of hydrogen-bond donors (Lipinski definition) is 1. The Labute approximate surface area is 110 Å². The van der Waals surface area contributed by atoms with Crippen molar-refractivity contribution in [2.75, 3.05) is 24.2 Å². The van der Waals surface area contributed by atoms with E-state index in [0.717, 1.165) is 30.0 Å². The fourth-order valence-electron chi connectivity index (χ4n) is 2.08. The fraction of sp³-hybridized carbons (Fsp3) is 0.714. The van der Waals surface area contributed by atoms with Crippen LogP contribution in [0.15, 0.2) is 6.07 Å². The van der Waals surface area contributed by atoms with Gasteiger partial charge in [0.2, 0.25) is 0 Å². The van der Waals surface area contributed by atoms with Crippen molar-refractivity contribution in [3.63, 3.8) is 0 Å². The molecule has 4 nitrogen and oxygen atoms in total. The van der Waals surface area contributed by atoms with E-state index in [1.807, 2.05) is 6.07 Å². The Hall–Kier alpha value is -1.32. The molecule has 0 saturated heterocycles. The molecule has 4 heteroatoms. The van der Waals surface area contributed by atoms with Crippen LogP contribution in [0.4, 0.5) is 11.6 Å². The number of anilines is 2. The maximum absolute atomic E-state index is 5.89. The van der Waals surface area contributed by atoms with Crippen LogP contribution in [-0.2, 0) is 5.41 Å². The molecule has 1 aromatic heterocycles. The zero-order valence-electron chi connectivity index (χ0n) is 12.1. The largest absolute Gasteiger partial charge is 0.384 e. The van der Waals surface area contributed by atoms with Crippen LogP contribution in [0.25, 0.3) is 0 Å². The van der Waals surface area contributed by atoms with Crippen molar-refractivity contribution in [3.8, 4) is 0 Å². The molecule has 0 bridgehead atoms. The van der Waals surface area contributed by atoms with Gasteiger partial charge in [-0.15, -0.1) is 0 Å². The SMILES string of the molecule is CC1CC1CN(C)c1cc(N)nc(C(C)(C)C)n1. The van der Waals surface area contributed by atoms with E-state index in [2.05, 4.69) is 49.6 Å². The summed E-state index contributed by atoms with van der Waals surface area (Å²) < 4.78 is 0. The van der Waals surface area contributed by atoms with E-state index < -0.39 is 0 Å². The van der Waals surface area contributed by atoms with Crippen LogP contribution in [0.1, 0.15) is 39.9 Å². The predicted octanol–water partition coefficient (Wildman–Crippen LogP) is 2.45. The minimum absolute atomic E-state index is 0.0716. The van der Waals surface area contributed by atoms with Crippen LogP contribution in [0.2, 0.25) is 0 Å². The van der Waals surface area contributed by atoms with E-state index in [-0.39, 0.29) is 5.41 Å². The van der Waals surface area contributed by atoms with E-state index in [1.165, 1.54) is 6.42 Å². The second kappa shape index (κ2) is 4.41. The van der Waals surface area contributed by atoms with E-state index in [0.29, 0.717) is 5.82 Å². The maximum Gasteiger partial charge on any atom is 0.138 e. The van der Waals surface area contributed by atoms with Crippen LogP contribution in [0, 0.1) is 11.8 Å². The summed E-state index contributed by atoms with van der Waals surface area (Å²) in [7, 11) is 2.08. The van der Waals surface area contributed by atoms with Gasteiger partial charge < -0.3 is 10.6 Å². The summed E-state index contributed by atoms with van der Waals surface area (Å²) in [4.78, 5) is 11.2. The molecule has 0 radical (unpaired) electrons. The van der Waals surface area contributed by atoms with Gasteiger partial charge in [-0.3, -0.25) is 0 Å². The Morgan fingerprint density at radius 3 is 2.50 bits per heavy atom. The molecule has 100 valence electrons. The predicted molar refractivity (Wildman–Crippen MR) is 75.7 cm³/mol. The molecule has 1 aliphatic rings. The molecule has 18 heavy (non-hydrogen) atoms. The zero-order valence-corrected chi connectivity index (χ0v) is 12.1. The first-order chi connectivity index (χ1) is 8.27. The highest BCUT2D eigenvalue weighted by Crippen LogP contribution is 2.38. The molecule has 1 fully saturated rings. The first-order valence-corrected chi connectivity index (χ1v) is 6.63. The van der Waals surface area contributed by atoms with Gasteiger partial charge in [-0.05, 0) is 18.3 Å². The average molecular weight is 248 g/mol. The topological polar surface area (TPSA) is 55.0 Å². The highest BCUT2D eigenvalue weighted by atomic mass is 15.2. The lowest BCUT2D eigenvalue weighted by Crippen LogP contribution is -2.25. The van der Waals surface area contributed by atoms with Gasteiger partial charge in [-0.2, -0.15) is 0 Å². The van der Waals surface area contributed by atoms with Crippen LogP contribution in [-0.4, -0.2) is 23.6 Å². The summed E-state index contributed by atoms with van der Waals surface area (Å²) >= 11 is 0. The van der Waals surface area contributed by atoms with E-state index >= 15 is 0 Å². The summed E-state index contributed by atoms with van der Waals surface area (Å²) in [6.45, 7) is 9.67. The molecule has 2 rings (SSSR count). The number of nitrogens with zero attached hydrogens (tertiary/aromatic N) is 3. The third kappa shape index (κ3) is 2.92. The third-order valence-corrected chi connectivity index (χ3v) is 3.58. The molecule has 2 unspecified atom stereocenters. The number of nitrogens with two attached hydrogens (primary N) is 1. The van der Waals surface area contributed by atoms with Crippen molar-refractivity contribution in [3.05, 3.63) is 11.9 Å². The number of hydrogen-bond acceptors (Lipinski definition) is 4. The first-order valence-electron chi connectivity index (χ1n) is 6.63. The molecular weight excluding hydrogens is 224 g/mol. The summed E-state index contributed by atoms with van der Waals surface area (Å²) in [6.07, 6.45) is 1.33. The van der Waals surface area contributed by atoms with Crippen LogP contribution in [0.5, 0.6) is 0 Å². The number of aromatic nitrogens is 2. The Morgan fingerprint density at radius 2 is 2.00 bits per heavy atom. The molecule has 0 aliphatic heterocycles. The van der Waals surface area contributed by atoms with Crippen LogP contribution < -0.4 is 10.6 Å². The first kappa shape index (κ1) is 13.1. The van der Waals surface area contributed by atoms with Crippen molar-refractivity contribution < 1.29 is 0 Å². The smallest absolute Gasteiger partial charge is 0.138 e. The molecule has 1 aliphatic carbocycles. The average Bonchev–Trinajstić information content (AvgIpc) is 2.92. The standard InChI is InChI=1S/C14H24N4/c1-9-6-10(9)8-18(5)12-7-11(15)16-13(17-12)14(2,3)4/h7,9-10H,6,8H2,1-5H3,(H2,15,16,17). The normalized spacial score (nSPS) is 22.9. The van der Waals surface area contributed by atoms with Gasteiger partial charge in [0.15, 0.2) is 0 Å². The van der Waals surface area contributed by atoms with Crippen LogP contribution in [0.3, 0.4) is 0 Å². The zero-order chi connectivity index (χ0) is 13.5. The van der Waals surface area contributed by atoms with Gasteiger partial charge in [0.05, 0.1) is 0 Å². The summed E-state index contributed by atoms with van der Waals surface area (Å²) in [5, 5.41) is 0. The molecule has 2 N–H and O–H groups in total. The van der Waals surface area contributed by atoms with E-state index in [1.54, 1.807) is 0 Å². The van der Waals surface area contributed by atoms with Gasteiger partial charge in [0, 0.05) is 25.1 Å². The maximum atomic E-state index is 5.89. The lowest BCUT2D eigenvalue weighted by atomic mass is 9.96. The molecule has 0 amide bonds. The van der Waals surface area contributed by atoms with Gasteiger partial charge in [-0.25, -0.2) is 9.97 Å². The molecule has 0 spiro atoms. The van der Waals surface area contributed by atoms with E-state index in [9.17, 15) is 0 Å². The highest BCUT2D eigenvalue weighted by molar-refractivity contribution is 5.47. The van der Waals surface area contributed by atoms with Gasteiger partial charge in [0.25, 0.3) is 0 Å². The third-order valence-electron chi connectivity index (χ3n) is 3.58. The van der Waals surface area contributed by atoms with Crippen molar-refractivity contribution in [2.45, 2.75) is 39.5 Å². The quantitative estimate of drug-likeness (QED) is 0.892. The van der Waals surface area contributed by atoms with Crippen molar-refractivity contribution in [2.24, 2.45) is 11.8 Å². The van der Waals surface area contributed by atoms with Gasteiger partial charge in [0.1, 0.15) is 17.5 Å². The Balaban J connectivity index is 2.19. The molecule has 1 saturated carbocycles. The van der Waals surface area contributed by atoms with Gasteiger partial charge >= 0.3 is 0 Å². The number of nitrogen functional groups attached to an aromatic ring is 1. The Bertz CT molecular complexity index is 436. The second-order valence-electron chi connectivity index (χ2n) is 6.58. The fourth-order valence-corrected chi connectivity index (χ4v) is 2.08. The molecule has 1 aromatic rings. The summed E-state index contributed by atoms with van der Waals surface area (Å²) in [5.74, 6) is 3.97. The van der Waals surface area contributed by atoms with Gasteiger partial charge in [-0.1, -0.05) is 27.7 Å². The molecule has 2 atom stereocenters. The van der Waals surface area contributed by atoms with Crippen molar-refractivity contribution >= 4 is 11.6 Å². The minimum Gasteiger partial charge on any atom is -0.384 e. The van der Waals surface area contributed by atoms with Crippen molar-refractivity contribution in [1.82, 2.24) is 9.97 Å². The van der Waals surface area contributed by atoms with Crippen molar-refractivity contribution in [1.29, 1.82) is 0 Å². The molecular formula is C14H24N4. The molecule has 1 heterocycles. The lowest BCUT2D eigenvalue weighted by Gasteiger charge is -2.22. The second-order valence-corrected chi connectivity index (χ2v) is 6.58. The monoisotopic (exact) mass is 248 g/mol. The summed E-state index contributed by atoms with van der Waals surface area (Å²) in [5.41, 5.74) is 5.82. The summed E-state index contributed by atoms with van der Waals surface area (Å²) in [6, 6.07) is 1.86. The molecule has 0 aromatic carbocycles. The minimum atomic E-state index is -0.0716. The van der Waals surface area contributed by atoms with Crippen LogP contribution >= 0.6 is 0 Å². The van der Waals surface area contributed by atoms with E-state index in [4.69, 9.17) is 5.73 Å².